The fourth-order valence-electron chi connectivity index (χ4n) is 3.57. The summed E-state index contributed by atoms with van der Waals surface area (Å²) in [6.45, 7) is 4.59. The minimum Gasteiger partial charge on any atom is -0.354 e. The van der Waals surface area contributed by atoms with Crippen molar-refractivity contribution in [2.45, 2.75) is 25.3 Å². The second kappa shape index (κ2) is 9.85. The summed E-state index contributed by atoms with van der Waals surface area (Å²) in [6.07, 6.45) is 4.10. The molecule has 1 aromatic heterocycles. The third-order valence-electron chi connectivity index (χ3n) is 5.07. The van der Waals surface area contributed by atoms with E-state index in [0.717, 1.165) is 39.6 Å². The van der Waals surface area contributed by atoms with Crippen molar-refractivity contribution in [3.63, 3.8) is 0 Å². The van der Waals surface area contributed by atoms with E-state index in [1.54, 1.807) is 0 Å². The molecular formula is C24H27N3O2. The lowest BCUT2D eigenvalue weighted by Gasteiger charge is -2.12. The lowest BCUT2D eigenvalue weighted by molar-refractivity contribution is -0.124. The van der Waals surface area contributed by atoms with E-state index in [4.69, 9.17) is 0 Å². The molecule has 2 aromatic carbocycles. The van der Waals surface area contributed by atoms with Gasteiger partial charge < -0.3 is 20.4 Å². The number of nitrogens with one attached hydrogen (secondary N) is 3. The van der Waals surface area contributed by atoms with Gasteiger partial charge in [-0.1, -0.05) is 61.2 Å². The number of para-hydroxylation sites is 1. The number of rotatable bonds is 10. The smallest absolute Gasteiger partial charge is 0.220 e. The number of aromatic nitrogens is 1. The van der Waals surface area contributed by atoms with E-state index in [9.17, 15) is 9.59 Å². The van der Waals surface area contributed by atoms with Crippen molar-refractivity contribution in [2.75, 3.05) is 13.6 Å². The van der Waals surface area contributed by atoms with Crippen LogP contribution in [0.5, 0.6) is 0 Å². The van der Waals surface area contributed by atoms with E-state index in [0.29, 0.717) is 25.8 Å². The van der Waals surface area contributed by atoms with Crippen LogP contribution >= 0.6 is 0 Å². The first-order valence-electron chi connectivity index (χ1n) is 9.88. The van der Waals surface area contributed by atoms with Gasteiger partial charge in [-0.15, -0.1) is 0 Å². The fraction of sp³-hybridized carbons (Fsp3) is 0.250. The molecule has 1 heterocycles. The van der Waals surface area contributed by atoms with Gasteiger partial charge in [0.15, 0.2) is 0 Å². The van der Waals surface area contributed by atoms with Crippen LogP contribution in [0.3, 0.4) is 0 Å². The molecule has 1 atom stereocenters. The Morgan fingerprint density at radius 1 is 1.17 bits per heavy atom. The quantitative estimate of drug-likeness (QED) is 0.463. The van der Waals surface area contributed by atoms with Gasteiger partial charge in [0.1, 0.15) is 6.29 Å². The second-order valence-corrected chi connectivity index (χ2v) is 7.02. The minimum absolute atomic E-state index is 0.119. The highest BCUT2D eigenvalue weighted by atomic mass is 16.2. The monoisotopic (exact) mass is 389 g/mol. The minimum atomic E-state index is -0.459. The number of hydrogen-bond donors (Lipinski definition) is 3. The van der Waals surface area contributed by atoms with Crippen LogP contribution in [0.2, 0.25) is 0 Å². The molecule has 29 heavy (non-hydrogen) atoms. The van der Waals surface area contributed by atoms with Gasteiger partial charge >= 0.3 is 0 Å². The number of H-pyrrole nitrogens is 1. The molecule has 5 nitrogen and oxygen atoms in total. The summed E-state index contributed by atoms with van der Waals surface area (Å²) in [7, 11) is 1.82. The van der Waals surface area contributed by atoms with E-state index >= 15 is 0 Å². The summed E-state index contributed by atoms with van der Waals surface area (Å²) >= 11 is 0. The molecule has 3 rings (SSSR count). The van der Waals surface area contributed by atoms with Gasteiger partial charge in [0.25, 0.3) is 0 Å². The Morgan fingerprint density at radius 2 is 1.97 bits per heavy atom. The van der Waals surface area contributed by atoms with E-state index in [2.05, 4.69) is 40.4 Å². The highest BCUT2D eigenvalue weighted by molar-refractivity contribution is 5.96. The molecule has 3 N–H and O–H groups in total. The molecule has 0 fully saturated rings. The summed E-state index contributed by atoms with van der Waals surface area (Å²) in [5.41, 5.74) is 5.25. The zero-order valence-corrected chi connectivity index (χ0v) is 16.7. The van der Waals surface area contributed by atoms with Gasteiger partial charge in [0.2, 0.25) is 5.91 Å². The molecule has 0 saturated heterocycles. The highest BCUT2D eigenvalue weighted by Crippen LogP contribution is 2.33. The molecule has 0 bridgehead atoms. The number of aromatic amines is 1. The Morgan fingerprint density at radius 3 is 2.66 bits per heavy atom. The Balaban J connectivity index is 1.87. The van der Waals surface area contributed by atoms with Crippen LogP contribution in [0.1, 0.15) is 24.0 Å². The molecule has 5 heteroatoms. The van der Waals surface area contributed by atoms with Crippen LogP contribution in [0, 0.1) is 0 Å². The second-order valence-electron chi connectivity index (χ2n) is 7.02. The molecule has 0 saturated carbocycles. The Bertz CT molecular complexity index is 992. The van der Waals surface area contributed by atoms with E-state index in [1.807, 2.05) is 43.5 Å². The molecule has 0 spiro atoms. The average molecular weight is 389 g/mol. The molecule has 0 aliphatic heterocycles. The number of fused-ring (bicyclic) bond motifs is 1. The first kappa shape index (κ1) is 20.6. The van der Waals surface area contributed by atoms with Crippen molar-refractivity contribution >= 4 is 29.2 Å². The van der Waals surface area contributed by atoms with E-state index < -0.39 is 6.04 Å². The lowest BCUT2D eigenvalue weighted by atomic mass is 10.00. The molecule has 1 unspecified atom stereocenters. The van der Waals surface area contributed by atoms with Gasteiger partial charge in [-0.3, -0.25) is 4.79 Å². The summed E-state index contributed by atoms with van der Waals surface area (Å²) in [5.74, 6) is -0.119. The third-order valence-corrected chi connectivity index (χ3v) is 5.07. The van der Waals surface area contributed by atoms with Crippen LogP contribution in [0.4, 0.5) is 0 Å². The molecule has 0 radical (unpaired) electrons. The number of aldehydes is 1. The van der Waals surface area contributed by atoms with Gasteiger partial charge in [-0.25, -0.2) is 0 Å². The van der Waals surface area contributed by atoms with Gasteiger partial charge in [-0.2, -0.15) is 0 Å². The van der Waals surface area contributed by atoms with Gasteiger partial charge in [-0.05, 0) is 43.1 Å². The van der Waals surface area contributed by atoms with Crippen molar-refractivity contribution in [1.82, 2.24) is 15.6 Å². The highest BCUT2D eigenvalue weighted by Gasteiger charge is 2.17. The number of carbonyl (C=O) groups excluding carboxylic acids is 2. The molecule has 3 aromatic rings. The number of carbonyl (C=O) groups is 2. The fourth-order valence-corrected chi connectivity index (χ4v) is 3.57. The van der Waals surface area contributed by atoms with E-state index in [-0.39, 0.29) is 5.91 Å². The Labute approximate surface area is 171 Å². The first-order chi connectivity index (χ1) is 14.2. The average Bonchev–Trinajstić information content (AvgIpc) is 3.14. The van der Waals surface area contributed by atoms with Crippen molar-refractivity contribution in [1.29, 1.82) is 0 Å². The molecular weight excluding hydrogens is 362 g/mol. The first-order valence-corrected chi connectivity index (χ1v) is 9.88. The zero-order valence-electron chi connectivity index (χ0n) is 16.7. The SMILES string of the molecule is C=Cc1cccc2c(CCC(=O)NC(C=O)CCNC)c(-c3ccccc3)[nH]c12. The Kier molecular flexibility index (Phi) is 6.98. The van der Waals surface area contributed by atoms with Crippen LogP contribution in [-0.2, 0) is 16.0 Å². The van der Waals surface area contributed by atoms with Gasteiger partial charge in [0.05, 0.1) is 11.6 Å². The van der Waals surface area contributed by atoms with Crippen molar-refractivity contribution < 1.29 is 9.59 Å². The number of aryl methyl sites for hydroxylation is 1. The maximum Gasteiger partial charge on any atom is 0.220 e. The maximum absolute atomic E-state index is 12.5. The normalized spacial score (nSPS) is 11.9. The third kappa shape index (κ3) is 4.81. The summed E-state index contributed by atoms with van der Waals surface area (Å²) in [4.78, 5) is 27.2. The molecule has 150 valence electrons. The summed E-state index contributed by atoms with van der Waals surface area (Å²) in [6, 6.07) is 15.7. The molecule has 0 aliphatic carbocycles. The maximum atomic E-state index is 12.5. The molecule has 0 aliphatic rings. The number of hydrogen-bond acceptors (Lipinski definition) is 3. The van der Waals surface area contributed by atoms with Crippen molar-refractivity contribution in [3.05, 3.63) is 66.2 Å². The summed E-state index contributed by atoms with van der Waals surface area (Å²) < 4.78 is 0. The summed E-state index contributed by atoms with van der Waals surface area (Å²) in [5, 5.41) is 6.91. The van der Waals surface area contributed by atoms with Crippen molar-refractivity contribution in [3.8, 4) is 11.3 Å². The van der Waals surface area contributed by atoms with Crippen LogP contribution in [0.25, 0.3) is 28.2 Å². The zero-order chi connectivity index (χ0) is 20.6. The standard InChI is InChI=1S/C24H27N3O2/c1-3-17-10-7-11-20-21(12-13-22(29)26-19(16-28)14-15-25-2)24(27-23(17)20)18-8-5-4-6-9-18/h3-11,16,19,25,27H,1,12-15H2,2H3,(H,26,29). The topological polar surface area (TPSA) is 74.0 Å². The predicted molar refractivity (Wildman–Crippen MR) is 119 cm³/mol. The largest absolute Gasteiger partial charge is 0.354 e. The van der Waals surface area contributed by atoms with E-state index in [1.165, 1.54) is 0 Å². The Hall–Kier alpha value is -3.18. The van der Waals surface area contributed by atoms with Gasteiger partial charge in [0, 0.05) is 17.5 Å². The van der Waals surface area contributed by atoms with Crippen LogP contribution in [0.15, 0.2) is 55.1 Å². The number of benzene rings is 2. The molecule has 1 amide bonds. The van der Waals surface area contributed by atoms with Crippen LogP contribution < -0.4 is 10.6 Å². The predicted octanol–water partition coefficient (Wildman–Crippen LogP) is 3.70. The number of amides is 1. The van der Waals surface area contributed by atoms with Crippen LogP contribution in [-0.4, -0.2) is 36.8 Å². The lowest BCUT2D eigenvalue weighted by Crippen LogP contribution is -2.37. The van der Waals surface area contributed by atoms with Crippen molar-refractivity contribution in [2.24, 2.45) is 0 Å².